The Labute approximate surface area is 126 Å². The first-order valence-electron chi connectivity index (χ1n) is 7.43. The van der Waals surface area contributed by atoms with Gasteiger partial charge in [0.2, 0.25) is 0 Å². The number of anilines is 1. The Balaban J connectivity index is 2.09. The van der Waals surface area contributed by atoms with Crippen molar-refractivity contribution in [1.29, 1.82) is 0 Å². The molecule has 2 unspecified atom stereocenters. The molecule has 3 nitrogen and oxygen atoms in total. The van der Waals surface area contributed by atoms with E-state index in [2.05, 4.69) is 18.3 Å². The summed E-state index contributed by atoms with van der Waals surface area (Å²) in [6.45, 7) is 7.80. The number of nitrogens with one attached hydrogen (secondary N) is 1. The highest BCUT2D eigenvalue weighted by Gasteiger charge is 2.23. The first kappa shape index (κ1) is 15.2. The quantitative estimate of drug-likeness (QED) is 0.902. The van der Waals surface area contributed by atoms with E-state index < -0.39 is 0 Å². The topological polar surface area (TPSA) is 32.3 Å². The molecule has 1 aliphatic heterocycles. The van der Waals surface area contributed by atoms with E-state index in [4.69, 9.17) is 0 Å². The smallest absolute Gasteiger partial charge is 0.253 e. The minimum atomic E-state index is 0.118. The Bertz CT molecular complexity index is 460. The number of carbonyl (C=O) groups is 1. The van der Waals surface area contributed by atoms with E-state index in [1.54, 1.807) is 0 Å². The van der Waals surface area contributed by atoms with Crippen LogP contribution in [0.1, 0.15) is 37.6 Å². The molecule has 1 fully saturated rings. The number of benzene rings is 1. The SMILES string of the molecule is CCN(CC)C(=O)c1cccc(NC2CCSC2C)c1. The van der Waals surface area contributed by atoms with Gasteiger partial charge in [0, 0.05) is 35.6 Å². The van der Waals surface area contributed by atoms with Crippen molar-refractivity contribution in [3.8, 4) is 0 Å². The van der Waals surface area contributed by atoms with Crippen LogP contribution in [0.25, 0.3) is 0 Å². The molecule has 4 heteroatoms. The summed E-state index contributed by atoms with van der Waals surface area (Å²) < 4.78 is 0. The van der Waals surface area contributed by atoms with Crippen LogP contribution in [0.4, 0.5) is 5.69 Å². The lowest BCUT2D eigenvalue weighted by atomic mass is 10.1. The van der Waals surface area contributed by atoms with Gasteiger partial charge in [-0.1, -0.05) is 13.0 Å². The molecule has 1 aromatic rings. The van der Waals surface area contributed by atoms with Crippen molar-refractivity contribution in [2.45, 2.75) is 38.5 Å². The lowest BCUT2D eigenvalue weighted by molar-refractivity contribution is 0.0773. The molecule has 0 aliphatic carbocycles. The number of thioether (sulfide) groups is 1. The third-order valence-electron chi connectivity index (χ3n) is 3.89. The molecule has 0 bridgehead atoms. The first-order valence-corrected chi connectivity index (χ1v) is 8.48. The second kappa shape index (κ2) is 7.02. The average Bonchev–Trinajstić information content (AvgIpc) is 2.86. The molecule has 1 aliphatic rings. The number of carbonyl (C=O) groups excluding carboxylic acids is 1. The minimum absolute atomic E-state index is 0.118. The van der Waals surface area contributed by atoms with Crippen LogP contribution in [0.3, 0.4) is 0 Å². The zero-order chi connectivity index (χ0) is 14.5. The molecular formula is C16H24N2OS. The van der Waals surface area contributed by atoms with Gasteiger partial charge in [-0.2, -0.15) is 11.8 Å². The highest BCUT2D eigenvalue weighted by Crippen LogP contribution is 2.29. The third-order valence-corrected chi connectivity index (χ3v) is 5.21. The highest BCUT2D eigenvalue weighted by atomic mass is 32.2. The monoisotopic (exact) mass is 292 g/mol. The van der Waals surface area contributed by atoms with Gasteiger partial charge >= 0.3 is 0 Å². The summed E-state index contributed by atoms with van der Waals surface area (Å²) in [5, 5.41) is 4.21. The molecule has 0 saturated carbocycles. The number of hydrogen-bond acceptors (Lipinski definition) is 3. The zero-order valence-corrected chi connectivity index (χ0v) is 13.4. The van der Waals surface area contributed by atoms with E-state index in [1.807, 2.05) is 48.7 Å². The van der Waals surface area contributed by atoms with Gasteiger partial charge in [-0.05, 0) is 44.2 Å². The summed E-state index contributed by atoms with van der Waals surface area (Å²) in [4.78, 5) is 14.2. The van der Waals surface area contributed by atoms with Gasteiger partial charge in [0.15, 0.2) is 0 Å². The van der Waals surface area contributed by atoms with E-state index >= 15 is 0 Å². The fourth-order valence-electron chi connectivity index (χ4n) is 2.57. The van der Waals surface area contributed by atoms with Crippen LogP contribution in [0.15, 0.2) is 24.3 Å². The Morgan fingerprint density at radius 3 is 2.75 bits per heavy atom. The first-order chi connectivity index (χ1) is 9.65. The van der Waals surface area contributed by atoms with Crippen LogP contribution >= 0.6 is 11.8 Å². The van der Waals surface area contributed by atoms with Crippen LogP contribution in [0.2, 0.25) is 0 Å². The van der Waals surface area contributed by atoms with Crippen molar-refractivity contribution in [2.75, 3.05) is 24.2 Å². The maximum absolute atomic E-state index is 12.4. The molecule has 2 rings (SSSR count). The second-order valence-corrected chi connectivity index (χ2v) is 6.66. The lowest BCUT2D eigenvalue weighted by Gasteiger charge is -2.21. The van der Waals surface area contributed by atoms with Crippen molar-refractivity contribution < 1.29 is 4.79 Å². The number of amides is 1. The van der Waals surface area contributed by atoms with Gasteiger partial charge in [-0.15, -0.1) is 0 Å². The fourth-order valence-corrected chi connectivity index (χ4v) is 3.77. The van der Waals surface area contributed by atoms with E-state index in [0.29, 0.717) is 11.3 Å². The molecule has 1 heterocycles. The van der Waals surface area contributed by atoms with Crippen LogP contribution in [0, 0.1) is 0 Å². The van der Waals surface area contributed by atoms with Gasteiger partial charge in [-0.3, -0.25) is 4.79 Å². The van der Waals surface area contributed by atoms with Gasteiger partial charge in [-0.25, -0.2) is 0 Å². The summed E-state index contributed by atoms with van der Waals surface area (Å²) in [5.41, 5.74) is 1.83. The van der Waals surface area contributed by atoms with E-state index in [0.717, 1.165) is 24.3 Å². The minimum Gasteiger partial charge on any atom is -0.381 e. The lowest BCUT2D eigenvalue weighted by Crippen LogP contribution is -2.30. The van der Waals surface area contributed by atoms with Crippen molar-refractivity contribution >= 4 is 23.4 Å². The summed E-state index contributed by atoms with van der Waals surface area (Å²) >= 11 is 2.01. The van der Waals surface area contributed by atoms with Crippen molar-refractivity contribution in [2.24, 2.45) is 0 Å². The summed E-state index contributed by atoms with van der Waals surface area (Å²) in [5.74, 6) is 1.34. The molecular weight excluding hydrogens is 268 g/mol. The van der Waals surface area contributed by atoms with Crippen molar-refractivity contribution in [3.63, 3.8) is 0 Å². The number of nitrogens with zero attached hydrogens (tertiary/aromatic N) is 1. The summed E-state index contributed by atoms with van der Waals surface area (Å²) in [6, 6.07) is 8.41. The number of hydrogen-bond donors (Lipinski definition) is 1. The molecule has 1 N–H and O–H groups in total. The fraction of sp³-hybridized carbons (Fsp3) is 0.562. The Hall–Kier alpha value is -1.16. The molecule has 0 aromatic heterocycles. The Morgan fingerprint density at radius 1 is 1.40 bits per heavy atom. The Kier molecular flexibility index (Phi) is 5.35. The molecule has 0 radical (unpaired) electrons. The summed E-state index contributed by atoms with van der Waals surface area (Å²) in [7, 11) is 0. The molecule has 20 heavy (non-hydrogen) atoms. The predicted octanol–water partition coefficient (Wildman–Crippen LogP) is 3.47. The van der Waals surface area contributed by atoms with Crippen LogP contribution < -0.4 is 5.32 Å². The molecule has 1 amide bonds. The molecule has 1 aromatic carbocycles. The van der Waals surface area contributed by atoms with Crippen molar-refractivity contribution in [3.05, 3.63) is 29.8 Å². The molecule has 1 saturated heterocycles. The standard InChI is InChI=1S/C16H24N2OS/c1-4-18(5-2)16(19)13-7-6-8-14(11-13)17-15-9-10-20-12(15)3/h6-8,11-12,15,17H,4-5,9-10H2,1-3H3. The molecule has 110 valence electrons. The average molecular weight is 292 g/mol. The summed E-state index contributed by atoms with van der Waals surface area (Å²) in [6.07, 6.45) is 1.19. The predicted molar refractivity (Wildman–Crippen MR) is 87.6 cm³/mol. The van der Waals surface area contributed by atoms with E-state index in [1.165, 1.54) is 12.2 Å². The van der Waals surface area contributed by atoms with Crippen molar-refractivity contribution in [1.82, 2.24) is 4.90 Å². The zero-order valence-electron chi connectivity index (χ0n) is 12.6. The van der Waals surface area contributed by atoms with Gasteiger partial charge in [0.05, 0.1) is 0 Å². The van der Waals surface area contributed by atoms with E-state index in [9.17, 15) is 4.79 Å². The van der Waals surface area contributed by atoms with Crippen LogP contribution in [0.5, 0.6) is 0 Å². The highest BCUT2D eigenvalue weighted by molar-refractivity contribution is 8.00. The van der Waals surface area contributed by atoms with Gasteiger partial charge < -0.3 is 10.2 Å². The third kappa shape index (κ3) is 3.48. The largest absolute Gasteiger partial charge is 0.381 e. The van der Waals surface area contributed by atoms with Crippen LogP contribution in [-0.4, -0.2) is 40.9 Å². The molecule has 2 atom stereocenters. The molecule has 0 spiro atoms. The van der Waals surface area contributed by atoms with E-state index in [-0.39, 0.29) is 5.91 Å². The maximum atomic E-state index is 12.4. The second-order valence-electron chi connectivity index (χ2n) is 5.17. The van der Waals surface area contributed by atoms with Gasteiger partial charge in [0.1, 0.15) is 0 Å². The normalized spacial score (nSPS) is 21.8. The van der Waals surface area contributed by atoms with Gasteiger partial charge in [0.25, 0.3) is 5.91 Å². The maximum Gasteiger partial charge on any atom is 0.253 e. The van der Waals surface area contributed by atoms with Crippen LogP contribution in [-0.2, 0) is 0 Å². The Morgan fingerprint density at radius 2 is 2.15 bits per heavy atom. The number of rotatable bonds is 5.